The van der Waals surface area contributed by atoms with Crippen molar-refractivity contribution < 1.29 is 38.4 Å². The number of benzene rings is 2. The van der Waals surface area contributed by atoms with E-state index >= 15 is 0 Å². The Morgan fingerprint density at radius 1 is 1.06 bits per heavy atom. The number of aliphatic hydroxyl groups is 1. The average Bonchev–Trinajstić information content (AvgIpc) is 2.71. The van der Waals surface area contributed by atoms with Gasteiger partial charge in [0.05, 0.1) is 10.7 Å². The van der Waals surface area contributed by atoms with E-state index in [1.54, 1.807) is 30.5 Å². The van der Waals surface area contributed by atoms with E-state index in [1.165, 1.54) is 19.9 Å². The predicted molar refractivity (Wildman–Crippen MR) is 123 cm³/mol. The van der Waals surface area contributed by atoms with Gasteiger partial charge >= 0.3 is 0 Å². The number of rotatable bonds is 1. The van der Waals surface area contributed by atoms with Crippen molar-refractivity contribution in [3.05, 3.63) is 71.9 Å². The zero-order valence-electron chi connectivity index (χ0n) is 18.4. The molecule has 0 amide bonds. The van der Waals surface area contributed by atoms with Gasteiger partial charge in [-0.2, -0.15) is 0 Å². The molecule has 6 nitrogen and oxygen atoms in total. The first kappa shape index (κ1) is 24.7. The van der Waals surface area contributed by atoms with Crippen LogP contribution in [0.25, 0.3) is 32.8 Å². The van der Waals surface area contributed by atoms with Crippen molar-refractivity contribution in [1.82, 2.24) is 9.97 Å². The number of sulfone groups is 1. The van der Waals surface area contributed by atoms with Crippen LogP contribution in [-0.2, 0) is 34.7 Å². The molecule has 1 aliphatic rings. The van der Waals surface area contributed by atoms with Gasteiger partial charge in [-0.05, 0) is 72.6 Å². The van der Waals surface area contributed by atoms with Crippen LogP contribution in [0.2, 0.25) is 0 Å². The molecule has 0 saturated carbocycles. The standard InChI is InChI=1S/C20H13N2O2S.C5H8O2.Ir/c1-11-9-16-13-7-8-21-20-14-5-3-4-6-17(14)25(23,24)18(19(13)20)10-15(16)12(2)22-11;1-4(6)3-5(2)7;/h3-4,6-10H,1-2H3;3,6H,1-2H3;/q-1;;/b;4-3-;. The third kappa shape index (κ3) is 4.34. The molecule has 2 aromatic heterocycles. The number of allylic oxidation sites excluding steroid dienone is 2. The average molecular weight is 638 g/mol. The van der Waals surface area contributed by atoms with E-state index in [-0.39, 0.29) is 36.5 Å². The number of ketones is 1. The van der Waals surface area contributed by atoms with Gasteiger partial charge in [0.15, 0.2) is 15.6 Å². The first-order chi connectivity index (χ1) is 15.1. The molecule has 5 rings (SSSR count). The number of nitrogens with zero attached hydrogens (tertiary/aromatic N) is 2. The number of aryl methyl sites for hydroxylation is 2. The Kier molecular flexibility index (Phi) is 6.84. The maximum atomic E-state index is 13.2. The number of carbonyl (C=O) groups excluding carboxylic acids is 1. The van der Waals surface area contributed by atoms with E-state index in [4.69, 9.17) is 5.11 Å². The van der Waals surface area contributed by atoms with Gasteiger partial charge in [0, 0.05) is 49.2 Å². The van der Waals surface area contributed by atoms with Crippen molar-refractivity contribution in [3.8, 4) is 11.3 Å². The number of fused-ring (bicyclic) bond motifs is 4. The monoisotopic (exact) mass is 638 g/mol. The van der Waals surface area contributed by atoms with E-state index in [2.05, 4.69) is 16.0 Å². The number of hydrogen-bond acceptors (Lipinski definition) is 6. The molecule has 4 aromatic rings. The van der Waals surface area contributed by atoms with Crippen molar-refractivity contribution in [1.29, 1.82) is 0 Å². The molecule has 0 spiro atoms. The molecule has 33 heavy (non-hydrogen) atoms. The van der Waals surface area contributed by atoms with E-state index in [1.807, 2.05) is 26.0 Å². The van der Waals surface area contributed by atoms with Crippen molar-refractivity contribution >= 4 is 37.2 Å². The van der Waals surface area contributed by atoms with Gasteiger partial charge < -0.3 is 10.1 Å². The van der Waals surface area contributed by atoms with Crippen molar-refractivity contribution in [2.45, 2.75) is 37.5 Å². The summed E-state index contributed by atoms with van der Waals surface area (Å²) >= 11 is 0. The minimum atomic E-state index is -3.63. The van der Waals surface area contributed by atoms with E-state index < -0.39 is 9.84 Å². The fourth-order valence-electron chi connectivity index (χ4n) is 4.03. The van der Waals surface area contributed by atoms with Gasteiger partial charge in [-0.1, -0.05) is 0 Å². The summed E-state index contributed by atoms with van der Waals surface area (Å²) < 4.78 is 26.5. The molecule has 2 aromatic carbocycles. The normalized spacial score (nSPS) is 13.5. The summed E-state index contributed by atoms with van der Waals surface area (Å²) in [5.74, 6) is -0.0625. The number of hydrogen-bond donors (Lipinski definition) is 1. The van der Waals surface area contributed by atoms with Crippen LogP contribution in [0.4, 0.5) is 0 Å². The molecule has 0 aliphatic carbocycles. The van der Waals surface area contributed by atoms with Crippen molar-refractivity contribution in [3.63, 3.8) is 0 Å². The first-order valence-electron chi connectivity index (χ1n) is 9.95. The second-order valence-electron chi connectivity index (χ2n) is 7.71. The molecule has 3 heterocycles. The molecule has 0 atom stereocenters. The Balaban J connectivity index is 0.000000337. The van der Waals surface area contributed by atoms with Crippen LogP contribution in [0.15, 0.2) is 64.2 Å². The summed E-state index contributed by atoms with van der Waals surface area (Å²) in [6.45, 7) is 6.70. The number of aliphatic hydroxyl groups excluding tert-OH is 1. The quantitative estimate of drug-likeness (QED) is 0.120. The third-order valence-electron chi connectivity index (χ3n) is 5.19. The molecule has 0 unspecified atom stereocenters. The molecular weight excluding hydrogens is 617 g/mol. The second-order valence-corrected chi connectivity index (χ2v) is 9.60. The molecular formula is C25H21IrN2O4S-. The second kappa shape index (κ2) is 9.14. The summed E-state index contributed by atoms with van der Waals surface area (Å²) in [7, 11) is -3.63. The minimum Gasteiger partial charge on any atom is -0.512 e. The van der Waals surface area contributed by atoms with Crippen LogP contribution in [0.5, 0.6) is 0 Å². The summed E-state index contributed by atoms with van der Waals surface area (Å²) in [6.07, 6.45) is 2.90. The van der Waals surface area contributed by atoms with Gasteiger partial charge in [-0.15, -0.1) is 29.8 Å². The van der Waals surface area contributed by atoms with Crippen LogP contribution in [0.1, 0.15) is 25.2 Å². The zero-order chi connectivity index (χ0) is 23.2. The van der Waals surface area contributed by atoms with Gasteiger partial charge in [0.2, 0.25) is 0 Å². The predicted octanol–water partition coefficient (Wildman–Crippen LogP) is 5.05. The fraction of sp³-hybridized carbons (Fsp3) is 0.160. The van der Waals surface area contributed by atoms with Gasteiger partial charge in [-0.3, -0.25) is 9.78 Å². The largest absolute Gasteiger partial charge is 0.512 e. The smallest absolute Gasteiger partial charge is 0.172 e. The maximum absolute atomic E-state index is 13.2. The summed E-state index contributed by atoms with van der Waals surface area (Å²) in [4.78, 5) is 19.6. The first-order valence-corrected chi connectivity index (χ1v) is 11.4. The maximum Gasteiger partial charge on any atom is 0.172 e. The molecule has 171 valence electrons. The molecule has 1 aliphatic heterocycles. The molecule has 1 radical (unpaired) electrons. The van der Waals surface area contributed by atoms with Crippen LogP contribution >= 0.6 is 0 Å². The SMILES string of the molecule is CC(=O)/C=C(/C)O.Cc1cc2c(cc3c4c(nccc42)-c2[c-]cccc2S3(=O)=O)c(C)n1.[Ir]. The summed E-state index contributed by atoms with van der Waals surface area (Å²) in [5, 5.41) is 11.8. The minimum absolute atomic E-state index is 0. The van der Waals surface area contributed by atoms with Crippen LogP contribution in [0.3, 0.4) is 0 Å². The van der Waals surface area contributed by atoms with Crippen molar-refractivity contribution in [2.24, 2.45) is 0 Å². The number of pyridine rings is 2. The molecule has 0 bridgehead atoms. The molecule has 0 saturated heterocycles. The topological polar surface area (TPSA) is 97.2 Å². The fourth-order valence-corrected chi connectivity index (χ4v) is 5.69. The van der Waals surface area contributed by atoms with Gasteiger partial charge in [0.25, 0.3) is 0 Å². The Bertz CT molecular complexity index is 1560. The Morgan fingerprint density at radius 2 is 1.79 bits per heavy atom. The van der Waals surface area contributed by atoms with Gasteiger partial charge in [0.1, 0.15) is 0 Å². The molecule has 0 fully saturated rings. The number of carbonyl (C=O) groups is 1. The van der Waals surface area contributed by atoms with E-state index in [0.29, 0.717) is 21.5 Å². The Hall–Kier alpha value is -2.93. The molecule has 8 heteroatoms. The van der Waals surface area contributed by atoms with Crippen molar-refractivity contribution in [2.75, 3.05) is 0 Å². The Morgan fingerprint density at radius 3 is 2.42 bits per heavy atom. The summed E-state index contributed by atoms with van der Waals surface area (Å²) in [5.41, 5.74) is 2.95. The summed E-state index contributed by atoms with van der Waals surface area (Å²) in [6, 6.07) is 13.7. The van der Waals surface area contributed by atoms with E-state index in [0.717, 1.165) is 27.5 Å². The third-order valence-corrected chi connectivity index (χ3v) is 7.01. The molecule has 1 N–H and O–H groups in total. The Labute approximate surface area is 205 Å². The van der Waals surface area contributed by atoms with Crippen LogP contribution in [0, 0.1) is 19.9 Å². The van der Waals surface area contributed by atoms with Crippen LogP contribution < -0.4 is 0 Å². The number of aromatic nitrogens is 2. The van der Waals surface area contributed by atoms with Gasteiger partial charge in [-0.25, -0.2) is 8.42 Å². The zero-order valence-corrected chi connectivity index (χ0v) is 21.6. The van der Waals surface area contributed by atoms with Crippen LogP contribution in [-0.4, -0.2) is 29.3 Å². The van der Waals surface area contributed by atoms with E-state index in [9.17, 15) is 13.2 Å².